The number of rotatable bonds is 7. The lowest BCUT2D eigenvalue weighted by Gasteiger charge is -2.13. The van der Waals surface area contributed by atoms with E-state index in [1.807, 2.05) is 11.8 Å². The molecule has 1 aliphatic rings. The molecule has 0 unspecified atom stereocenters. The summed E-state index contributed by atoms with van der Waals surface area (Å²) in [6.07, 6.45) is 4.98. The summed E-state index contributed by atoms with van der Waals surface area (Å²) < 4.78 is 5.54. The number of ether oxygens (including phenoxy) is 1. The molecule has 1 fully saturated rings. The van der Waals surface area contributed by atoms with E-state index >= 15 is 0 Å². The molecule has 0 bridgehead atoms. The van der Waals surface area contributed by atoms with Crippen LogP contribution in [0.2, 0.25) is 10.0 Å². The molecule has 1 aliphatic heterocycles. The van der Waals surface area contributed by atoms with Gasteiger partial charge in [-0.1, -0.05) is 23.2 Å². The van der Waals surface area contributed by atoms with E-state index in [1.54, 1.807) is 12.3 Å². The second-order valence-electron chi connectivity index (χ2n) is 4.51. The molecule has 0 radical (unpaired) electrons. The van der Waals surface area contributed by atoms with Gasteiger partial charge in [-0.3, -0.25) is 4.90 Å². The molecule has 3 nitrogen and oxygen atoms in total. The third-order valence-corrected chi connectivity index (χ3v) is 4.45. The summed E-state index contributed by atoms with van der Waals surface area (Å²) in [4.78, 5) is 6.56. The fourth-order valence-electron chi connectivity index (χ4n) is 1.92. The Morgan fingerprint density at radius 3 is 2.95 bits per heavy atom. The highest BCUT2D eigenvalue weighted by Crippen LogP contribution is 2.24. The average Bonchev–Trinajstić information content (AvgIpc) is 2.89. The van der Waals surface area contributed by atoms with Crippen molar-refractivity contribution in [2.24, 2.45) is 0 Å². The number of hydrogen-bond acceptors (Lipinski definition) is 4. The Balaban J connectivity index is 1.56. The number of nitrogens with zero attached hydrogens (tertiary/aromatic N) is 2. The third-order valence-electron chi connectivity index (χ3n) is 2.96. The van der Waals surface area contributed by atoms with Gasteiger partial charge in [-0.05, 0) is 31.9 Å². The van der Waals surface area contributed by atoms with Crippen LogP contribution in [0.15, 0.2) is 12.3 Å². The highest BCUT2D eigenvalue weighted by Gasteiger charge is 2.10. The van der Waals surface area contributed by atoms with Crippen molar-refractivity contribution >= 4 is 35.0 Å². The molecule has 1 aromatic heterocycles. The minimum atomic E-state index is 0.474. The second-order valence-corrected chi connectivity index (χ2v) is 6.42. The number of aromatic nitrogens is 1. The summed E-state index contributed by atoms with van der Waals surface area (Å²) in [6.45, 7) is 3.10. The molecule has 0 amide bonds. The Kier molecular flexibility index (Phi) is 6.57. The van der Waals surface area contributed by atoms with Crippen LogP contribution in [0.3, 0.4) is 0 Å². The minimum absolute atomic E-state index is 0.474. The highest BCUT2D eigenvalue weighted by molar-refractivity contribution is 7.99. The smallest absolute Gasteiger partial charge is 0.232 e. The van der Waals surface area contributed by atoms with Gasteiger partial charge in [0, 0.05) is 24.4 Å². The van der Waals surface area contributed by atoms with Crippen molar-refractivity contribution < 1.29 is 4.74 Å². The molecular formula is C13H18Cl2N2OS. The minimum Gasteiger partial charge on any atom is -0.477 e. The molecule has 0 N–H and O–H groups in total. The van der Waals surface area contributed by atoms with Gasteiger partial charge in [0.1, 0.15) is 5.02 Å². The van der Waals surface area contributed by atoms with Crippen molar-refractivity contribution in [2.45, 2.75) is 19.3 Å². The van der Waals surface area contributed by atoms with Gasteiger partial charge < -0.3 is 4.74 Å². The van der Waals surface area contributed by atoms with E-state index in [9.17, 15) is 0 Å². The van der Waals surface area contributed by atoms with Crippen molar-refractivity contribution in [1.29, 1.82) is 0 Å². The van der Waals surface area contributed by atoms with Crippen LogP contribution in [-0.4, -0.2) is 41.2 Å². The van der Waals surface area contributed by atoms with E-state index in [2.05, 4.69) is 9.88 Å². The number of hydrogen-bond donors (Lipinski definition) is 0. The van der Waals surface area contributed by atoms with E-state index in [-0.39, 0.29) is 0 Å². The lowest BCUT2D eigenvalue weighted by atomic mass is 10.2. The highest BCUT2D eigenvalue weighted by atomic mass is 35.5. The standard InChI is InChI=1S/C13H18Cl2N2OS/c14-11-8-12(15)13(16-9-11)18-6-3-1-2-4-17-5-7-19-10-17/h8-9H,1-7,10H2. The normalized spacial score (nSPS) is 15.9. The van der Waals surface area contributed by atoms with E-state index in [1.165, 1.54) is 37.6 Å². The van der Waals surface area contributed by atoms with Gasteiger partial charge in [-0.2, -0.15) is 0 Å². The van der Waals surface area contributed by atoms with Crippen LogP contribution >= 0.6 is 35.0 Å². The van der Waals surface area contributed by atoms with Gasteiger partial charge in [0.05, 0.1) is 11.6 Å². The molecule has 6 heteroatoms. The Hall–Kier alpha value is -0.160. The summed E-state index contributed by atoms with van der Waals surface area (Å²) in [5.74, 6) is 2.95. The first kappa shape index (κ1) is 15.2. The maximum atomic E-state index is 5.97. The topological polar surface area (TPSA) is 25.4 Å². The SMILES string of the molecule is Clc1cnc(OCCCCCN2CCSC2)c(Cl)c1. The first-order valence-corrected chi connectivity index (χ1v) is 8.41. The Morgan fingerprint density at radius 2 is 2.21 bits per heavy atom. The van der Waals surface area contributed by atoms with Crippen LogP contribution in [0.25, 0.3) is 0 Å². The maximum absolute atomic E-state index is 5.97. The van der Waals surface area contributed by atoms with E-state index in [0.29, 0.717) is 22.5 Å². The fourth-order valence-corrected chi connectivity index (χ4v) is 3.39. The van der Waals surface area contributed by atoms with E-state index in [4.69, 9.17) is 27.9 Å². The maximum Gasteiger partial charge on any atom is 0.232 e. The van der Waals surface area contributed by atoms with Gasteiger partial charge in [0.25, 0.3) is 0 Å². The molecule has 0 spiro atoms. The third kappa shape index (κ3) is 5.38. The number of halogens is 2. The van der Waals surface area contributed by atoms with Crippen molar-refractivity contribution in [1.82, 2.24) is 9.88 Å². The van der Waals surface area contributed by atoms with Crippen LogP contribution in [-0.2, 0) is 0 Å². The van der Waals surface area contributed by atoms with Gasteiger partial charge in [-0.25, -0.2) is 4.98 Å². The molecule has 19 heavy (non-hydrogen) atoms. The molecule has 0 aliphatic carbocycles. The summed E-state index contributed by atoms with van der Waals surface area (Å²) in [5.41, 5.74) is 0. The lowest BCUT2D eigenvalue weighted by Crippen LogP contribution is -2.20. The van der Waals surface area contributed by atoms with Crippen molar-refractivity contribution in [3.63, 3.8) is 0 Å². The fraction of sp³-hybridized carbons (Fsp3) is 0.615. The molecule has 0 saturated carbocycles. The lowest BCUT2D eigenvalue weighted by molar-refractivity contribution is 0.285. The van der Waals surface area contributed by atoms with E-state index < -0.39 is 0 Å². The van der Waals surface area contributed by atoms with Crippen molar-refractivity contribution in [3.05, 3.63) is 22.3 Å². The van der Waals surface area contributed by atoms with Crippen molar-refractivity contribution in [2.75, 3.05) is 31.3 Å². The Morgan fingerprint density at radius 1 is 1.32 bits per heavy atom. The first-order valence-electron chi connectivity index (χ1n) is 6.49. The van der Waals surface area contributed by atoms with E-state index in [0.717, 1.165) is 6.42 Å². The molecule has 1 saturated heterocycles. The zero-order chi connectivity index (χ0) is 13.5. The Labute approximate surface area is 128 Å². The summed E-state index contributed by atoms with van der Waals surface area (Å²) in [7, 11) is 0. The molecule has 0 atom stereocenters. The molecule has 2 rings (SSSR count). The van der Waals surface area contributed by atoms with Crippen LogP contribution in [0, 0.1) is 0 Å². The summed E-state index contributed by atoms with van der Waals surface area (Å²) in [6, 6.07) is 1.65. The predicted octanol–water partition coefficient (Wildman–Crippen LogP) is 3.94. The monoisotopic (exact) mass is 320 g/mol. The predicted molar refractivity (Wildman–Crippen MR) is 82.5 cm³/mol. The average molecular weight is 321 g/mol. The van der Waals surface area contributed by atoms with Crippen LogP contribution < -0.4 is 4.74 Å². The molecule has 106 valence electrons. The zero-order valence-electron chi connectivity index (χ0n) is 10.8. The number of pyridine rings is 1. The van der Waals surface area contributed by atoms with Gasteiger partial charge in [0.15, 0.2) is 0 Å². The summed E-state index contributed by atoms with van der Waals surface area (Å²) >= 11 is 13.8. The molecule has 0 aromatic carbocycles. The quantitative estimate of drug-likeness (QED) is 0.710. The van der Waals surface area contributed by atoms with Gasteiger partial charge in [0.2, 0.25) is 5.88 Å². The zero-order valence-corrected chi connectivity index (χ0v) is 13.1. The summed E-state index contributed by atoms with van der Waals surface area (Å²) in [5, 5.41) is 1.00. The van der Waals surface area contributed by atoms with Crippen LogP contribution in [0.5, 0.6) is 5.88 Å². The molecule has 2 heterocycles. The number of unbranched alkanes of at least 4 members (excludes halogenated alkanes) is 2. The van der Waals surface area contributed by atoms with Crippen LogP contribution in [0.1, 0.15) is 19.3 Å². The molecule has 1 aromatic rings. The van der Waals surface area contributed by atoms with Gasteiger partial charge >= 0.3 is 0 Å². The number of thioether (sulfide) groups is 1. The first-order chi connectivity index (χ1) is 9.25. The second kappa shape index (κ2) is 8.20. The molecular weight excluding hydrogens is 303 g/mol. The van der Waals surface area contributed by atoms with Gasteiger partial charge in [-0.15, -0.1) is 11.8 Å². The van der Waals surface area contributed by atoms with Crippen LogP contribution in [0.4, 0.5) is 0 Å². The largest absolute Gasteiger partial charge is 0.477 e. The van der Waals surface area contributed by atoms with Crippen molar-refractivity contribution in [3.8, 4) is 5.88 Å². The Bertz CT molecular complexity index is 400.